The second-order valence-corrected chi connectivity index (χ2v) is 7.36. The maximum atomic E-state index is 12.0. The molecule has 0 saturated heterocycles. The van der Waals surface area contributed by atoms with E-state index >= 15 is 0 Å². The Morgan fingerprint density at radius 3 is 2.26 bits per heavy atom. The van der Waals surface area contributed by atoms with E-state index < -0.39 is 11.2 Å². The molecule has 0 fully saturated rings. The maximum absolute atomic E-state index is 12.0. The number of anilines is 1. The summed E-state index contributed by atoms with van der Waals surface area (Å²) in [5.74, 6) is -0.109. The highest BCUT2D eigenvalue weighted by atomic mass is 32.2. The molecule has 1 aliphatic rings. The van der Waals surface area contributed by atoms with Crippen LogP contribution in [0.15, 0.2) is 89.9 Å². The molecule has 4 nitrogen and oxygen atoms in total. The molecule has 1 aliphatic heterocycles. The summed E-state index contributed by atoms with van der Waals surface area (Å²) in [5, 5.41) is 12.2. The Bertz CT molecular complexity index is 974. The van der Waals surface area contributed by atoms with E-state index in [1.807, 2.05) is 84.9 Å². The number of para-hydroxylation sites is 1. The van der Waals surface area contributed by atoms with Crippen molar-refractivity contribution < 1.29 is 9.90 Å². The lowest BCUT2D eigenvalue weighted by molar-refractivity contribution is -0.136. The van der Waals surface area contributed by atoms with Crippen molar-refractivity contribution in [1.82, 2.24) is 0 Å². The van der Waals surface area contributed by atoms with Gasteiger partial charge in [0.1, 0.15) is 16.5 Å². The Balaban J connectivity index is 1.72. The van der Waals surface area contributed by atoms with Gasteiger partial charge < -0.3 is 10.4 Å². The number of thioether (sulfide) groups is 1. The van der Waals surface area contributed by atoms with E-state index in [-0.39, 0.29) is 5.37 Å². The van der Waals surface area contributed by atoms with Gasteiger partial charge in [-0.05, 0) is 11.6 Å². The molecule has 2 unspecified atom stereocenters. The molecule has 5 heteroatoms. The lowest BCUT2D eigenvalue weighted by Crippen LogP contribution is -2.21. The summed E-state index contributed by atoms with van der Waals surface area (Å²) >= 11 is 1.34. The number of carboxylic acids is 1. The third-order valence-electron chi connectivity index (χ3n) is 4.37. The zero-order chi connectivity index (χ0) is 18.6. The first-order chi connectivity index (χ1) is 13.2. The lowest BCUT2D eigenvalue weighted by atomic mass is 10.1. The van der Waals surface area contributed by atoms with E-state index in [9.17, 15) is 9.90 Å². The number of nitrogens with zero attached hydrogens (tertiary/aromatic N) is 1. The predicted octanol–water partition coefficient (Wildman–Crippen LogP) is 5.12. The molecule has 0 bridgehead atoms. The van der Waals surface area contributed by atoms with Crippen molar-refractivity contribution in [2.75, 3.05) is 5.32 Å². The number of nitrogens with one attached hydrogen (secondary N) is 1. The van der Waals surface area contributed by atoms with Gasteiger partial charge in [0.15, 0.2) is 0 Å². The minimum Gasteiger partial charge on any atom is -0.480 e. The highest BCUT2D eigenvalue weighted by molar-refractivity contribution is 8.00. The van der Waals surface area contributed by atoms with E-state index in [4.69, 9.17) is 4.99 Å². The fraction of sp³-hybridized carbons (Fsp3) is 0.0909. The van der Waals surface area contributed by atoms with Crippen LogP contribution < -0.4 is 5.32 Å². The van der Waals surface area contributed by atoms with Gasteiger partial charge >= 0.3 is 5.97 Å². The van der Waals surface area contributed by atoms with Crippen LogP contribution in [0.3, 0.4) is 0 Å². The van der Waals surface area contributed by atoms with E-state index in [0.717, 1.165) is 28.2 Å². The summed E-state index contributed by atoms with van der Waals surface area (Å²) in [7, 11) is 0. The van der Waals surface area contributed by atoms with Crippen LogP contribution in [-0.2, 0) is 4.79 Å². The van der Waals surface area contributed by atoms with E-state index in [2.05, 4.69) is 5.32 Å². The molecular weight excluding hydrogens is 356 g/mol. The molecule has 134 valence electrons. The second kappa shape index (κ2) is 7.68. The minimum absolute atomic E-state index is 0.307. The fourth-order valence-corrected chi connectivity index (χ4v) is 4.26. The van der Waals surface area contributed by atoms with Gasteiger partial charge in [-0.25, -0.2) is 4.99 Å². The topological polar surface area (TPSA) is 61.7 Å². The first-order valence-electron chi connectivity index (χ1n) is 8.65. The van der Waals surface area contributed by atoms with Crippen LogP contribution in [0.1, 0.15) is 27.3 Å². The summed E-state index contributed by atoms with van der Waals surface area (Å²) in [4.78, 5) is 16.8. The van der Waals surface area contributed by atoms with Gasteiger partial charge in [0.2, 0.25) is 0 Å². The Morgan fingerprint density at radius 2 is 1.56 bits per heavy atom. The van der Waals surface area contributed by atoms with Gasteiger partial charge in [0, 0.05) is 16.8 Å². The summed E-state index contributed by atoms with van der Waals surface area (Å²) in [6.07, 6.45) is 0. The molecule has 2 atom stereocenters. The highest BCUT2D eigenvalue weighted by Gasteiger charge is 2.29. The number of carbonyl (C=O) groups is 1. The van der Waals surface area contributed by atoms with Gasteiger partial charge in [-0.1, -0.05) is 78.9 Å². The normalized spacial score (nSPS) is 16.6. The summed E-state index contributed by atoms with van der Waals surface area (Å²) in [6.45, 7) is 0. The number of carboxylic acid groups (broad SMARTS) is 1. The van der Waals surface area contributed by atoms with Crippen LogP contribution in [0.2, 0.25) is 0 Å². The third-order valence-corrected chi connectivity index (χ3v) is 5.73. The average Bonchev–Trinajstić information content (AvgIpc) is 2.72. The Labute approximate surface area is 162 Å². The van der Waals surface area contributed by atoms with Crippen LogP contribution >= 0.6 is 11.8 Å². The number of aliphatic imine (C=N–C) groups is 1. The third kappa shape index (κ3) is 3.73. The molecule has 27 heavy (non-hydrogen) atoms. The average molecular weight is 374 g/mol. The first kappa shape index (κ1) is 17.4. The molecule has 0 radical (unpaired) electrons. The smallest absolute Gasteiger partial charge is 0.321 e. The number of amidine groups is 1. The van der Waals surface area contributed by atoms with E-state index in [1.165, 1.54) is 11.8 Å². The number of rotatable bonds is 5. The van der Waals surface area contributed by atoms with Crippen LogP contribution in [-0.4, -0.2) is 16.9 Å². The van der Waals surface area contributed by atoms with Crippen LogP contribution in [0, 0.1) is 0 Å². The van der Waals surface area contributed by atoms with Crippen molar-refractivity contribution in [1.29, 1.82) is 0 Å². The zero-order valence-corrected chi connectivity index (χ0v) is 15.3. The number of hydrogen-bond donors (Lipinski definition) is 2. The largest absolute Gasteiger partial charge is 0.480 e. The summed E-state index contributed by atoms with van der Waals surface area (Å²) in [5.41, 5.74) is 3.69. The Kier molecular flexibility index (Phi) is 4.94. The summed E-state index contributed by atoms with van der Waals surface area (Å²) in [6, 6.07) is 27.1. The van der Waals surface area contributed by atoms with Crippen molar-refractivity contribution in [2.45, 2.75) is 10.6 Å². The van der Waals surface area contributed by atoms with Gasteiger partial charge in [-0.3, -0.25) is 4.79 Å². The van der Waals surface area contributed by atoms with Gasteiger partial charge in [-0.2, -0.15) is 0 Å². The molecule has 0 aromatic heterocycles. The van der Waals surface area contributed by atoms with Gasteiger partial charge in [-0.15, -0.1) is 11.8 Å². The Morgan fingerprint density at radius 1 is 0.926 bits per heavy atom. The number of aliphatic carboxylic acids is 1. The van der Waals surface area contributed by atoms with Crippen LogP contribution in [0.25, 0.3) is 0 Å². The SMILES string of the molecule is O=C(O)C(SC1N=C(c2ccccc2)Nc2ccccc21)c1ccccc1. The number of fused-ring (bicyclic) bond motifs is 1. The molecule has 2 N–H and O–H groups in total. The Hall–Kier alpha value is -3.05. The van der Waals surface area contributed by atoms with E-state index in [1.54, 1.807) is 0 Å². The molecule has 3 aromatic carbocycles. The standard InChI is InChI=1S/C22H18N2O2S/c25-22(26)19(15-9-3-1-4-10-15)27-21-17-13-7-8-14-18(17)23-20(24-21)16-11-5-2-6-12-16/h1-14,19,21H,(H,23,24)(H,25,26). The van der Waals surface area contributed by atoms with E-state index in [0.29, 0.717) is 0 Å². The van der Waals surface area contributed by atoms with Crippen molar-refractivity contribution in [3.63, 3.8) is 0 Å². The first-order valence-corrected chi connectivity index (χ1v) is 9.59. The quantitative estimate of drug-likeness (QED) is 0.651. The molecular formula is C22H18N2O2S. The molecule has 0 spiro atoms. The fourth-order valence-electron chi connectivity index (χ4n) is 3.06. The molecule has 0 amide bonds. The van der Waals surface area contributed by atoms with Crippen molar-refractivity contribution in [3.8, 4) is 0 Å². The van der Waals surface area contributed by atoms with Crippen molar-refractivity contribution in [2.24, 2.45) is 4.99 Å². The molecule has 3 aromatic rings. The van der Waals surface area contributed by atoms with Crippen LogP contribution in [0.4, 0.5) is 5.69 Å². The minimum atomic E-state index is -0.862. The predicted molar refractivity (Wildman–Crippen MR) is 110 cm³/mol. The number of hydrogen-bond acceptors (Lipinski definition) is 4. The second-order valence-electron chi connectivity index (χ2n) is 6.17. The monoisotopic (exact) mass is 374 g/mol. The highest BCUT2D eigenvalue weighted by Crippen LogP contribution is 2.45. The van der Waals surface area contributed by atoms with Crippen molar-refractivity contribution >= 4 is 29.3 Å². The molecule has 0 saturated carbocycles. The van der Waals surface area contributed by atoms with Crippen LogP contribution in [0.5, 0.6) is 0 Å². The summed E-state index contributed by atoms with van der Waals surface area (Å²) < 4.78 is 0. The molecule has 0 aliphatic carbocycles. The van der Waals surface area contributed by atoms with Crippen molar-refractivity contribution in [3.05, 3.63) is 102 Å². The molecule has 4 rings (SSSR count). The molecule has 1 heterocycles. The zero-order valence-electron chi connectivity index (χ0n) is 14.4. The number of benzene rings is 3. The lowest BCUT2D eigenvalue weighted by Gasteiger charge is -2.27. The van der Waals surface area contributed by atoms with Gasteiger partial charge in [0.05, 0.1) is 0 Å². The van der Waals surface area contributed by atoms with Gasteiger partial charge in [0.25, 0.3) is 0 Å². The maximum Gasteiger partial charge on any atom is 0.321 e.